The maximum Gasteiger partial charge on any atom is 0.311 e. The number of nitriles is 2. The Balaban J connectivity index is 1.64. The minimum atomic E-state index is -0.526. The van der Waals surface area contributed by atoms with Gasteiger partial charge in [-0.15, -0.1) is 0 Å². The van der Waals surface area contributed by atoms with E-state index in [4.69, 9.17) is 4.74 Å². The van der Waals surface area contributed by atoms with Crippen LogP contribution in [0.4, 0.5) is 0 Å². The Kier molecular flexibility index (Phi) is 6.96. The summed E-state index contributed by atoms with van der Waals surface area (Å²) in [5, 5.41) is 18.7. The Bertz CT molecular complexity index is 1320. The van der Waals surface area contributed by atoms with Gasteiger partial charge < -0.3 is 9.64 Å². The van der Waals surface area contributed by atoms with Crippen LogP contribution in [0.25, 0.3) is 0 Å². The number of likely N-dealkylation sites (tertiary alicyclic amines) is 1. The molecule has 6 nitrogen and oxygen atoms in total. The highest BCUT2D eigenvalue weighted by molar-refractivity contribution is 7.99. The summed E-state index contributed by atoms with van der Waals surface area (Å²) in [6, 6.07) is 26.0. The number of methoxy groups -OCH3 is 1. The fourth-order valence-corrected chi connectivity index (χ4v) is 5.22. The van der Waals surface area contributed by atoms with Gasteiger partial charge in [-0.3, -0.25) is 9.59 Å². The van der Waals surface area contributed by atoms with Gasteiger partial charge in [-0.05, 0) is 42.0 Å². The third-order valence-corrected chi connectivity index (χ3v) is 7.05. The van der Waals surface area contributed by atoms with Crippen LogP contribution in [0.1, 0.15) is 33.0 Å². The zero-order valence-corrected chi connectivity index (χ0v) is 19.3. The lowest BCUT2D eigenvalue weighted by atomic mass is 9.88. The number of benzene rings is 3. The predicted molar refractivity (Wildman–Crippen MR) is 127 cm³/mol. The molecule has 34 heavy (non-hydrogen) atoms. The number of ether oxygens (including phenoxy) is 1. The van der Waals surface area contributed by atoms with Crippen LogP contribution in [0.5, 0.6) is 0 Å². The molecule has 0 aromatic heterocycles. The van der Waals surface area contributed by atoms with Crippen molar-refractivity contribution in [3.05, 3.63) is 95.1 Å². The fraction of sp³-hybridized carbons (Fsp3) is 0.185. The molecule has 0 spiro atoms. The summed E-state index contributed by atoms with van der Waals surface area (Å²) < 4.78 is 5.03. The Morgan fingerprint density at radius 3 is 2.41 bits per heavy atom. The van der Waals surface area contributed by atoms with Crippen molar-refractivity contribution in [1.82, 2.24) is 4.90 Å². The van der Waals surface area contributed by atoms with Gasteiger partial charge in [0.1, 0.15) is 6.07 Å². The van der Waals surface area contributed by atoms with Gasteiger partial charge in [-0.25, -0.2) is 0 Å². The molecule has 1 heterocycles. The second-order valence-corrected chi connectivity index (χ2v) is 8.97. The summed E-state index contributed by atoms with van der Waals surface area (Å²) >= 11 is 1.37. The van der Waals surface area contributed by atoms with Crippen molar-refractivity contribution in [2.75, 3.05) is 20.2 Å². The van der Waals surface area contributed by atoms with Crippen LogP contribution in [0.2, 0.25) is 0 Å². The maximum atomic E-state index is 13.6. The number of nitrogens with zero attached hydrogens (tertiary/aromatic N) is 3. The molecule has 1 aliphatic heterocycles. The molecule has 3 aromatic rings. The van der Waals surface area contributed by atoms with E-state index in [9.17, 15) is 20.1 Å². The number of amides is 1. The highest BCUT2D eigenvalue weighted by atomic mass is 32.2. The lowest BCUT2D eigenvalue weighted by Gasteiger charge is -2.18. The molecule has 2 atom stereocenters. The number of hydrogen-bond donors (Lipinski definition) is 0. The SMILES string of the molecule is COC(=O)[C@@H]1CN(C(=O)c2ccccc2Sc2ccccc2C#N)C[C@H]1c1cccc(C#N)c1. The molecule has 1 saturated heterocycles. The van der Waals surface area contributed by atoms with Gasteiger partial charge >= 0.3 is 5.97 Å². The number of rotatable bonds is 5. The number of hydrogen-bond acceptors (Lipinski definition) is 6. The van der Waals surface area contributed by atoms with Crippen LogP contribution in [-0.4, -0.2) is 37.0 Å². The second kappa shape index (κ2) is 10.2. The molecular formula is C27H21N3O3S. The normalized spacial score (nSPS) is 17.0. The van der Waals surface area contributed by atoms with E-state index in [1.807, 2.05) is 30.3 Å². The molecule has 1 amide bonds. The van der Waals surface area contributed by atoms with Crippen LogP contribution in [-0.2, 0) is 9.53 Å². The van der Waals surface area contributed by atoms with E-state index in [0.29, 0.717) is 23.2 Å². The highest BCUT2D eigenvalue weighted by Gasteiger charge is 2.41. The predicted octanol–water partition coefficient (Wildman–Crippen LogP) is 4.61. The summed E-state index contributed by atoms with van der Waals surface area (Å²) in [7, 11) is 1.34. The lowest BCUT2D eigenvalue weighted by molar-refractivity contribution is -0.145. The van der Waals surface area contributed by atoms with Gasteiger partial charge in [0.25, 0.3) is 5.91 Å². The Morgan fingerprint density at radius 2 is 1.68 bits per heavy atom. The van der Waals surface area contributed by atoms with Crippen molar-refractivity contribution in [3.8, 4) is 12.1 Å². The van der Waals surface area contributed by atoms with Gasteiger partial charge in [-0.1, -0.05) is 48.2 Å². The molecule has 0 bridgehead atoms. The standard InChI is InChI=1S/C27H21N3O3S/c1-33-27(32)23-17-30(16-22(23)19-9-6-7-18(13-19)14-28)26(31)21-10-3-5-12-25(21)34-24-11-4-2-8-20(24)15-29/h2-13,22-23H,16-17H2,1H3/t22-,23+/m0/s1. The molecule has 168 valence electrons. The third kappa shape index (κ3) is 4.66. The number of carbonyl (C=O) groups excluding carboxylic acids is 2. The summed E-state index contributed by atoms with van der Waals surface area (Å²) in [6.07, 6.45) is 0. The first-order valence-corrected chi connectivity index (χ1v) is 11.5. The second-order valence-electron chi connectivity index (χ2n) is 7.89. The fourth-order valence-electron chi connectivity index (χ4n) is 4.21. The van der Waals surface area contributed by atoms with Crippen LogP contribution < -0.4 is 0 Å². The lowest BCUT2D eigenvalue weighted by Crippen LogP contribution is -2.30. The molecule has 0 saturated carbocycles. The van der Waals surface area contributed by atoms with Crippen molar-refractivity contribution in [2.45, 2.75) is 15.7 Å². The molecule has 0 N–H and O–H groups in total. The van der Waals surface area contributed by atoms with E-state index in [1.165, 1.54) is 18.9 Å². The summed E-state index contributed by atoms with van der Waals surface area (Å²) in [5.74, 6) is -1.37. The summed E-state index contributed by atoms with van der Waals surface area (Å²) in [6.45, 7) is 0.558. The molecule has 0 aliphatic carbocycles. The average Bonchev–Trinajstić information content (AvgIpc) is 3.34. The van der Waals surface area contributed by atoms with Crippen molar-refractivity contribution in [2.24, 2.45) is 5.92 Å². The largest absolute Gasteiger partial charge is 0.469 e. The average molecular weight is 468 g/mol. The van der Waals surface area contributed by atoms with Crippen molar-refractivity contribution in [1.29, 1.82) is 10.5 Å². The number of esters is 1. The van der Waals surface area contributed by atoms with Crippen LogP contribution >= 0.6 is 11.8 Å². The zero-order chi connectivity index (χ0) is 24.1. The smallest absolute Gasteiger partial charge is 0.311 e. The van der Waals surface area contributed by atoms with Crippen LogP contribution in [0, 0.1) is 28.6 Å². The quantitative estimate of drug-likeness (QED) is 0.509. The maximum absolute atomic E-state index is 13.6. The monoisotopic (exact) mass is 467 g/mol. The van der Waals surface area contributed by atoms with Gasteiger partial charge in [0.05, 0.1) is 35.8 Å². The molecule has 4 rings (SSSR count). The minimum absolute atomic E-state index is 0.189. The van der Waals surface area contributed by atoms with Gasteiger partial charge in [0.2, 0.25) is 0 Å². The first-order chi connectivity index (χ1) is 16.5. The van der Waals surface area contributed by atoms with Gasteiger partial charge in [0, 0.05) is 28.8 Å². The molecule has 0 unspecified atom stereocenters. The summed E-state index contributed by atoms with van der Waals surface area (Å²) in [4.78, 5) is 29.4. The zero-order valence-electron chi connectivity index (χ0n) is 18.5. The molecule has 1 aliphatic rings. The van der Waals surface area contributed by atoms with E-state index in [2.05, 4.69) is 12.1 Å². The van der Waals surface area contributed by atoms with Crippen LogP contribution in [0.15, 0.2) is 82.6 Å². The first kappa shape index (κ1) is 23.1. The molecule has 3 aromatic carbocycles. The van der Waals surface area contributed by atoms with E-state index in [1.54, 1.807) is 47.4 Å². The minimum Gasteiger partial charge on any atom is -0.469 e. The Hall–Kier alpha value is -4.07. The molecule has 1 fully saturated rings. The van der Waals surface area contributed by atoms with E-state index < -0.39 is 5.92 Å². The van der Waals surface area contributed by atoms with Gasteiger partial charge in [-0.2, -0.15) is 10.5 Å². The van der Waals surface area contributed by atoms with Gasteiger partial charge in [0.15, 0.2) is 0 Å². The number of carbonyl (C=O) groups is 2. The van der Waals surface area contributed by atoms with Crippen LogP contribution in [0.3, 0.4) is 0 Å². The Labute approximate surface area is 202 Å². The molecule has 0 radical (unpaired) electrons. The third-order valence-electron chi connectivity index (χ3n) is 5.90. The van der Waals surface area contributed by atoms with E-state index >= 15 is 0 Å². The first-order valence-electron chi connectivity index (χ1n) is 10.7. The Morgan fingerprint density at radius 1 is 0.941 bits per heavy atom. The van der Waals surface area contributed by atoms with E-state index in [-0.39, 0.29) is 24.3 Å². The van der Waals surface area contributed by atoms with Crippen molar-refractivity contribution in [3.63, 3.8) is 0 Å². The van der Waals surface area contributed by atoms with Crippen molar-refractivity contribution < 1.29 is 14.3 Å². The summed E-state index contributed by atoms with van der Waals surface area (Å²) in [5.41, 5.74) is 2.38. The molecule has 7 heteroatoms. The van der Waals surface area contributed by atoms with E-state index in [0.717, 1.165) is 15.4 Å². The highest BCUT2D eigenvalue weighted by Crippen LogP contribution is 2.37. The molecular weight excluding hydrogens is 446 g/mol. The topological polar surface area (TPSA) is 94.2 Å². The van der Waals surface area contributed by atoms with Crippen molar-refractivity contribution >= 4 is 23.6 Å².